The fourth-order valence-corrected chi connectivity index (χ4v) is 2.51. The standard InChI is InChI=1S/C17H23N3O4/c1-3-23-16-5-4-14(10-13(16)11-18)19-17(21)20-7-9-24-15(12-20)6-8-22-2/h4-5,10,15H,3,6-9,12H2,1-2H3,(H,19,21)/t15-/m0/s1. The number of amides is 2. The van der Waals surface area contributed by atoms with Crippen LogP contribution in [0.3, 0.4) is 0 Å². The highest BCUT2D eigenvalue weighted by atomic mass is 16.5. The van der Waals surface area contributed by atoms with Gasteiger partial charge >= 0.3 is 6.03 Å². The van der Waals surface area contributed by atoms with Gasteiger partial charge in [-0.05, 0) is 31.5 Å². The number of hydrogen-bond acceptors (Lipinski definition) is 5. The van der Waals surface area contributed by atoms with Crippen molar-refractivity contribution < 1.29 is 19.0 Å². The van der Waals surface area contributed by atoms with E-state index in [4.69, 9.17) is 14.2 Å². The molecule has 2 amide bonds. The number of rotatable bonds is 6. The molecule has 1 fully saturated rings. The molecule has 1 saturated heterocycles. The molecule has 0 aromatic heterocycles. The van der Waals surface area contributed by atoms with Gasteiger partial charge in [0.15, 0.2) is 0 Å². The Hall–Kier alpha value is -2.30. The third-order valence-corrected chi connectivity index (χ3v) is 3.72. The first-order valence-electron chi connectivity index (χ1n) is 8.01. The predicted molar refractivity (Wildman–Crippen MR) is 89.2 cm³/mol. The summed E-state index contributed by atoms with van der Waals surface area (Å²) in [5, 5.41) is 12.0. The van der Waals surface area contributed by atoms with Crippen LogP contribution < -0.4 is 10.1 Å². The molecule has 0 aliphatic carbocycles. The summed E-state index contributed by atoms with van der Waals surface area (Å²) in [5.41, 5.74) is 0.967. The molecule has 1 aliphatic heterocycles. The van der Waals surface area contributed by atoms with E-state index in [1.807, 2.05) is 6.92 Å². The summed E-state index contributed by atoms with van der Waals surface area (Å²) in [6, 6.07) is 6.92. The molecule has 1 N–H and O–H groups in total. The van der Waals surface area contributed by atoms with Crippen LogP contribution in [0.2, 0.25) is 0 Å². The van der Waals surface area contributed by atoms with E-state index in [-0.39, 0.29) is 12.1 Å². The molecule has 7 nitrogen and oxygen atoms in total. The summed E-state index contributed by atoms with van der Waals surface area (Å²) in [5.74, 6) is 0.518. The zero-order valence-electron chi connectivity index (χ0n) is 14.1. The number of nitrogens with zero attached hydrogens (tertiary/aromatic N) is 2. The number of ether oxygens (including phenoxy) is 3. The van der Waals surface area contributed by atoms with Gasteiger partial charge in [-0.25, -0.2) is 4.79 Å². The van der Waals surface area contributed by atoms with Crippen LogP contribution in [-0.2, 0) is 9.47 Å². The smallest absolute Gasteiger partial charge is 0.322 e. The maximum atomic E-state index is 12.4. The largest absolute Gasteiger partial charge is 0.492 e. The van der Waals surface area contributed by atoms with E-state index in [1.54, 1.807) is 30.2 Å². The molecule has 2 rings (SSSR count). The minimum atomic E-state index is -0.200. The number of benzene rings is 1. The Labute approximate surface area is 142 Å². The van der Waals surface area contributed by atoms with Gasteiger partial charge in [0.1, 0.15) is 11.8 Å². The van der Waals surface area contributed by atoms with Crippen molar-refractivity contribution in [1.82, 2.24) is 4.90 Å². The maximum absolute atomic E-state index is 12.4. The molecule has 0 radical (unpaired) electrons. The zero-order chi connectivity index (χ0) is 17.4. The van der Waals surface area contributed by atoms with Gasteiger partial charge in [-0.3, -0.25) is 0 Å². The van der Waals surface area contributed by atoms with E-state index in [1.165, 1.54) is 0 Å². The van der Waals surface area contributed by atoms with Gasteiger partial charge in [-0.15, -0.1) is 0 Å². The van der Waals surface area contributed by atoms with Gasteiger partial charge < -0.3 is 24.4 Å². The SMILES string of the molecule is CCOc1ccc(NC(=O)N2CCO[C@@H](CCOC)C2)cc1C#N. The number of anilines is 1. The van der Waals surface area contributed by atoms with Crippen LogP contribution in [0.25, 0.3) is 0 Å². The van der Waals surface area contributed by atoms with Crippen molar-refractivity contribution in [3.8, 4) is 11.8 Å². The van der Waals surface area contributed by atoms with Crippen LogP contribution in [0.1, 0.15) is 18.9 Å². The Morgan fingerprint density at radius 2 is 2.38 bits per heavy atom. The van der Waals surface area contributed by atoms with Crippen molar-refractivity contribution in [3.05, 3.63) is 23.8 Å². The summed E-state index contributed by atoms with van der Waals surface area (Å²) in [4.78, 5) is 14.1. The predicted octanol–water partition coefficient (Wildman–Crippen LogP) is 2.23. The quantitative estimate of drug-likeness (QED) is 0.863. The lowest BCUT2D eigenvalue weighted by Crippen LogP contribution is -2.47. The first-order valence-corrected chi connectivity index (χ1v) is 8.01. The number of hydrogen-bond donors (Lipinski definition) is 1. The first-order chi connectivity index (χ1) is 11.7. The monoisotopic (exact) mass is 333 g/mol. The second-order valence-corrected chi connectivity index (χ2v) is 5.41. The zero-order valence-corrected chi connectivity index (χ0v) is 14.1. The molecule has 0 bridgehead atoms. The lowest BCUT2D eigenvalue weighted by atomic mass is 10.2. The molecule has 1 aromatic rings. The normalized spacial score (nSPS) is 17.2. The molecule has 1 aromatic carbocycles. The fourth-order valence-electron chi connectivity index (χ4n) is 2.51. The van der Waals surface area contributed by atoms with Gasteiger partial charge in [0, 0.05) is 32.5 Å². The van der Waals surface area contributed by atoms with Gasteiger partial charge in [0.2, 0.25) is 0 Å². The van der Waals surface area contributed by atoms with Crippen molar-refractivity contribution in [1.29, 1.82) is 5.26 Å². The van der Waals surface area contributed by atoms with Crippen LogP contribution in [0.15, 0.2) is 18.2 Å². The summed E-state index contributed by atoms with van der Waals surface area (Å²) in [6.07, 6.45) is 0.738. The molecule has 1 aliphatic rings. The van der Waals surface area contributed by atoms with Crippen molar-refractivity contribution >= 4 is 11.7 Å². The second-order valence-electron chi connectivity index (χ2n) is 5.41. The Morgan fingerprint density at radius 3 is 3.08 bits per heavy atom. The van der Waals surface area contributed by atoms with E-state index in [2.05, 4.69) is 11.4 Å². The van der Waals surface area contributed by atoms with Crippen LogP contribution in [0.4, 0.5) is 10.5 Å². The molecule has 24 heavy (non-hydrogen) atoms. The second kappa shape index (κ2) is 9.11. The fraction of sp³-hybridized carbons (Fsp3) is 0.529. The van der Waals surface area contributed by atoms with Crippen molar-refractivity contribution in [2.45, 2.75) is 19.4 Å². The van der Waals surface area contributed by atoms with Crippen LogP contribution in [-0.4, -0.2) is 57.1 Å². The highest BCUT2D eigenvalue weighted by Gasteiger charge is 2.24. The Balaban J connectivity index is 1.97. The summed E-state index contributed by atoms with van der Waals surface area (Å²) in [7, 11) is 1.64. The summed E-state index contributed by atoms with van der Waals surface area (Å²) in [6.45, 7) is 4.51. The third-order valence-electron chi connectivity index (χ3n) is 3.72. The van der Waals surface area contributed by atoms with Gasteiger partial charge in [-0.1, -0.05) is 0 Å². The highest BCUT2D eigenvalue weighted by Crippen LogP contribution is 2.22. The van der Waals surface area contributed by atoms with Crippen molar-refractivity contribution in [2.24, 2.45) is 0 Å². The van der Waals surface area contributed by atoms with Gasteiger partial charge in [0.25, 0.3) is 0 Å². The number of morpholine rings is 1. The average Bonchev–Trinajstić information content (AvgIpc) is 2.61. The number of methoxy groups -OCH3 is 1. The molecule has 0 unspecified atom stereocenters. The lowest BCUT2D eigenvalue weighted by molar-refractivity contribution is -0.0260. The number of nitrogens with one attached hydrogen (secondary N) is 1. The maximum Gasteiger partial charge on any atom is 0.322 e. The molecule has 7 heteroatoms. The first kappa shape index (κ1) is 18.0. The van der Waals surface area contributed by atoms with E-state index < -0.39 is 0 Å². The van der Waals surface area contributed by atoms with E-state index in [0.29, 0.717) is 49.9 Å². The molecule has 0 saturated carbocycles. The number of urea groups is 1. The Morgan fingerprint density at radius 1 is 1.54 bits per heavy atom. The Kier molecular flexibility index (Phi) is 6.85. The van der Waals surface area contributed by atoms with Crippen LogP contribution >= 0.6 is 0 Å². The van der Waals surface area contributed by atoms with E-state index >= 15 is 0 Å². The molecule has 1 heterocycles. The Bertz CT molecular complexity index is 600. The molecule has 1 atom stereocenters. The lowest BCUT2D eigenvalue weighted by Gasteiger charge is -2.33. The minimum Gasteiger partial charge on any atom is -0.492 e. The van der Waals surface area contributed by atoms with Crippen LogP contribution in [0.5, 0.6) is 5.75 Å². The van der Waals surface area contributed by atoms with Crippen molar-refractivity contribution in [2.75, 3.05) is 45.3 Å². The highest BCUT2D eigenvalue weighted by molar-refractivity contribution is 5.89. The van der Waals surface area contributed by atoms with Crippen LogP contribution in [0, 0.1) is 11.3 Å². The van der Waals surface area contributed by atoms with Gasteiger partial charge in [0.05, 0.1) is 24.9 Å². The van der Waals surface area contributed by atoms with Gasteiger partial charge in [-0.2, -0.15) is 5.26 Å². The topological polar surface area (TPSA) is 83.8 Å². The number of nitriles is 1. The molecular formula is C17H23N3O4. The minimum absolute atomic E-state index is 0.0144. The van der Waals surface area contributed by atoms with Crippen molar-refractivity contribution in [3.63, 3.8) is 0 Å². The number of carbonyl (C=O) groups is 1. The van der Waals surface area contributed by atoms with E-state index in [9.17, 15) is 10.1 Å². The summed E-state index contributed by atoms with van der Waals surface area (Å²) >= 11 is 0. The number of carbonyl (C=O) groups excluding carboxylic acids is 1. The molecular weight excluding hydrogens is 310 g/mol. The average molecular weight is 333 g/mol. The molecule has 130 valence electrons. The third kappa shape index (κ3) is 4.85. The summed E-state index contributed by atoms with van der Waals surface area (Å²) < 4.78 is 16.1. The molecule has 0 spiro atoms. The van der Waals surface area contributed by atoms with E-state index in [0.717, 1.165) is 6.42 Å².